The first kappa shape index (κ1) is 23.7. The van der Waals surface area contributed by atoms with E-state index in [1.807, 2.05) is 0 Å². The van der Waals surface area contributed by atoms with Crippen LogP contribution >= 0.6 is 0 Å². The van der Waals surface area contributed by atoms with E-state index < -0.39 is 29.6 Å². The third-order valence-electron chi connectivity index (χ3n) is 4.58. The van der Waals surface area contributed by atoms with Gasteiger partial charge in [-0.25, -0.2) is 9.97 Å². The van der Waals surface area contributed by atoms with E-state index in [1.165, 1.54) is 18.2 Å². The number of nitrogens with two attached hydrogens (primary N) is 2. The highest BCUT2D eigenvalue weighted by Gasteiger charge is 2.30. The molecule has 1 heterocycles. The van der Waals surface area contributed by atoms with Crippen molar-refractivity contribution in [1.29, 1.82) is 0 Å². The lowest BCUT2D eigenvalue weighted by molar-refractivity contribution is -0.137. The summed E-state index contributed by atoms with van der Waals surface area (Å²) < 4.78 is 43.6. The number of carbonyl (C=O) groups excluding carboxylic acids is 2. The lowest BCUT2D eigenvalue weighted by atomic mass is 10.2. The maximum absolute atomic E-state index is 12.7. The second-order valence-electron chi connectivity index (χ2n) is 7.09. The van der Waals surface area contributed by atoms with Crippen LogP contribution in [0.1, 0.15) is 28.7 Å². The van der Waals surface area contributed by atoms with Crippen LogP contribution in [0.15, 0.2) is 54.6 Å². The van der Waals surface area contributed by atoms with Crippen molar-refractivity contribution in [2.24, 2.45) is 11.5 Å². The topological polar surface area (TPSA) is 133 Å². The Morgan fingerprint density at radius 1 is 1.00 bits per heavy atom. The molecule has 172 valence electrons. The number of amides is 2. The first-order valence-corrected chi connectivity index (χ1v) is 9.69. The molecule has 1 atom stereocenters. The van der Waals surface area contributed by atoms with E-state index in [0.29, 0.717) is 17.0 Å². The molecule has 0 aliphatic carbocycles. The molecule has 3 rings (SSSR count). The Hall–Kier alpha value is -3.99. The molecule has 1 unspecified atom stereocenters. The average molecular weight is 459 g/mol. The third-order valence-corrected chi connectivity index (χ3v) is 4.58. The zero-order valence-electron chi connectivity index (χ0n) is 17.4. The van der Waals surface area contributed by atoms with Crippen LogP contribution in [0.5, 0.6) is 11.5 Å². The summed E-state index contributed by atoms with van der Waals surface area (Å²) >= 11 is 0. The number of benzene rings is 2. The molecule has 3 aromatic rings. The summed E-state index contributed by atoms with van der Waals surface area (Å²) in [6, 6.07) is 11.5. The minimum Gasteiger partial charge on any atom is -0.457 e. The second kappa shape index (κ2) is 9.65. The van der Waals surface area contributed by atoms with E-state index in [0.717, 1.165) is 12.1 Å². The largest absolute Gasteiger partial charge is 0.457 e. The molecule has 2 aromatic carbocycles. The summed E-state index contributed by atoms with van der Waals surface area (Å²) in [6.45, 7) is 1.74. The van der Waals surface area contributed by atoms with E-state index in [4.69, 9.17) is 16.2 Å². The van der Waals surface area contributed by atoms with E-state index in [1.54, 1.807) is 31.2 Å². The summed E-state index contributed by atoms with van der Waals surface area (Å²) in [4.78, 5) is 31.4. The van der Waals surface area contributed by atoms with Crippen LogP contribution in [-0.4, -0.2) is 27.8 Å². The number of nitrogens with zero attached hydrogens (tertiary/aromatic N) is 2. The minimum atomic E-state index is -4.42. The number of rotatable bonds is 8. The molecule has 0 fully saturated rings. The van der Waals surface area contributed by atoms with Crippen molar-refractivity contribution in [3.8, 4) is 22.9 Å². The molecule has 2 amide bonds. The molecule has 11 heteroatoms. The van der Waals surface area contributed by atoms with E-state index in [2.05, 4.69) is 15.3 Å². The highest BCUT2D eigenvalue weighted by molar-refractivity contribution is 5.91. The van der Waals surface area contributed by atoms with Crippen molar-refractivity contribution in [3.63, 3.8) is 0 Å². The number of alkyl halides is 3. The van der Waals surface area contributed by atoms with Gasteiger partial charge in [0.2, 0.25) is 5.91 Å². The summed E-state index contributed by atoms with van der Waals surface area (Å²) in [5.41, 5.74) is 10.8. The van der Waals surface area contributed by atoms with Crippen molar-refractivity contribution in [3.05, 3.63) is 71.5 Å². The smallest absolute Gasteiger partial charge is 0.416 e. The molecule has 0 aliphatic rings. The molecule has 0 radical (unpaired) electrons. The van der Waals surface area contributed by atoms with Crippen molar-refractivity contribution >= 4 is 11.8 Å². The minimum absolute atomic E-state index is 0.00592. The Kier molecular flexibility index (Phi) is 6.92. The molecule has 0 spiro atoms. The van der Waals surface area contributed by atoms with Crippen LogP contribution in [-0.2, 0) is 17.5 Å². The number of ether oxygens (including phenoxy) is 1. The summed E-state index contributed by atoms with van der Waals surface area (Å²) in [7, 11) is 0. The first-order chi connectivity index (χ1) is 15.5. The lowest BCUT2D eigenvalue weighted by Crippen LogP contribution is -2.38. The molecule has 8 nitrogen and oxygen atoms in total. The van der Waals surface area contributed by atoms with E-state index in [9.17, 15) is 22.8 Å². The van der Waals surface area contributed by atoms with Gasteiger partial charge in [-0.1, -0.05) is 0 Å². The summed E-state index contributed by atoms with van der Waals surface area (Å²) in [5.74, 6) is -0.453. The zero-order chi connectivity index (χ0) is 24.2. The number of halogens is 3. The van der Waals surface area contributed by atoms with Gasteiger partial charge >= 0.3 is 6.18 Å². The van der Waals surface area contributed by atoms with Gasteiger partial charge in [0, 0.05) is 12.1 Å². The van der Waals surface area contributed by atoms with Crippen LogP contribution in [0, 0.1) is 0 Å². The number of primary amides is 2. The number of hydrogen-bond donors (Lipinski definition) is 3. The van der Waals surface area contributed by atoms with Gasteiger partial charge in [-0.05, 0) is 61.5 Å². The monoisotopic (exact) mass is 459 g/mol. The van der Waals surface area contributed by atoms with Gasteiger partial charge in [0.25, 0.3) is 5.91 Å². The molecule has 0 bridgehead atoms. The molecular formula is C22H20F3N5O3. The van der Waals surface area contributed by atoms with E-state index in [-0.39, 0.29) is 23.8 Å². The fourth-order valence-corrected chi connectivity index (χ4v) is 2.72. The van der Waals surface area contributed by atoms with Crippen molar-refractivity contribution in [2.45, 2.75) is 25.7 Å². The fraction of sp³-hybridized carbons (Fsp3) is 0.182. The zero-order valence-corrected chi connectivity index (χ0v) is 17.4. The van der Waals surface area contributed by atoms with Gasteiger partial charge in [-0.2, -0.15) is 13.2 Å². The van der Waals surface area contributed by atoms with Gasteiger partial charge in [0.1, 0.15) is 17.2 Å². The summed E-state index contributed by atoms with van der Waals surface area (Å²) in [6.07, 6.45) is -4.42. The predicted octanol–water partition coefficient (Wildman–Crippen LogP) is 3.02. The first-order valence-electron chi connectivity index (χ1n) is 9.69. The SMILES string of the molecule is CC(NCc1cc(C(N)=O)nc(-c2ccc(Oc3ccc(C(F)(F)F)cc3)cc2)n1)C(N)=O. The lowest BCUT2D eigenvalue weighted by Gasteiger charge is -2.12. The predicted molar refractivity (Wildman–Crippen MR) is 113 cm³/mol. The van der Waals surface area contributed by atoms with Crippen LogP contribution in [0.4, 0.5) is 13.2 Å². The molecule has 1 aromatic heterocycles. The van der Waals surface area contributed by atoms with Gasteiger partial charge in [0.05, 0.1) is 17.3 Å². The Bertz CT molecular complexity index is 1150. The van der Waals surface area contributed by atoms with Crippen LogP contribution in [0.3, 0.4) is 0 Å². The quantitative estimate of drug-likeness (QED) is 0.474. The Labute approximate surface area is 186 Å². The molecule has 33 heavy (non-hydrogen) atoms. The number of aromatic nitrogens is 2. The molecule has 0 aliphatic heterocycles. The molecule has 0 saturated heterocycles. The highest BCUT2D eigenvalue weighted by atomic mass is 19.4. The second-order valence-corrected chi connectivity index (χ2v) is 7.09. The van der Waals surface area contributed by atoms with Crippen molar-refractivity contribution in [1.82, 2.24) is 15.3 Å². The normalized spacial score (nSPS) is 12.2. The van der Waals surface area contributed by atoms with Crippen molar-refractivity contribution < 1.29 is 27.5 Å². The molecular weight excluding hydrogens is 439 g/mol. The van der Waals surface area contributed by atoms with Gasteiger partial charge < -0.3 is 21.5 Å². The Balaban J connectivity index is 1.79. The van der Waals surface area contributed by atoms with Gasteiger partial charge in [-0.3, -0.25) is 9.59 Å². The number of hydrogen-bond acceptors (Lipinski definition) is 6. The Morgan fingerprint density at radius 3 is 2.09 bits per heavy atom. The van der Waals surface area contributed by atoms with Gasteiger partial charge in [0.15, 0.2) is 5.82 Å². The highest BCUT2D eigenvalue weighted by Crippen LogP contribution is 2.31. The standard InChI is InChI=1S/C22H20F3N5O3/c1-12(19(26)31)28-11-15-10-18(20(27)32)30-21(29-15)13-2-6-16(7-3-13)33-17-8-4-14(5-9-17)22(23,24)25/h2-10,12,28H,11H2,1H3,(H2,26,31)(H2,27,32). The maximum atomic E-state index is 12.7. The van der Waals surface area contributed by atoms with Gasteiger partial charge in [-0.15, -0.1) is 0 Å². The van der Waals surface area contributed by atoms with Crippen LogP contribution in [0.2, 0.25) is 0 Å². The maximum Gasteiger partial charge on any atom is 0.416 e. The van der Waals surface area contributed by atoms with E-state index >= 15 is 0 Å². The average Bonchev–Trinajstić information content (AvgIpc) is 2.77. The summed E-state index contributed by atoms with van der Waals surface area (Å²) in [5, 5.41) is 2.89. The fourth-order valence-electron chi connectivity index (χ4n) is 2.72. The number of carbonyl (C=O) groups is 2. The number of nitrogens with one attached hydrogen (secondary N) is 1. The van der Waals surface area contributed by atoms with Crippen LogP contribution in [0.25, 0.3) is 11.4 Å². The van der Waals surface area contributed by atoms with Crippen molar-refractivity contribution in [2.75, 3.05) is 0 Å². The molecule has 0 saturated carbocycles. The van der Waals surface area contributed by atoms with Crippen LogP contribution < -0.4 is 21.5 Å². The third kappa shape index (κ3) is 6.26. The molecule has 5 N–H and O–H groups in total. The Morgan fingerprint density at radius 2 is 1.58 bits per heavy atom.